The van der Waals surface area contributed by atoms with E-state index in [1.165, 1.54) is 0 Å². The molecule has 0 amide bonds. The zero-order valence-electron chi connectivity index (χ0n) is 6.04. The molecule has 3 heteroatoms. The summed E-state index contributed by atoms with van der Waals surface area (Å²) in [4.78, 5) is 0. The summed E-state index contributed by atoms with van der Waals surface area (Å²) < 4.78 is -0.751. The minimum atomic E-state index is -0.751. The predicted molar refractivity (Wildman–Crippen MR) is 48.6 cm³/mol. The standard InChI is InChI=1S/C6H12Cl2Si/c1-4-6(7,8)5(2,3)9/h4H,1H2,2-3,9H3. The van der Waals surface area contributed by atoms with Gasteiger partial charge >= 0.3 is 0 Å². The molecule has 0 aromatic carbocycles. The van der Waals surface area contributed by atoms with Gasteiger partial charge in [-0.2, -0.15) is 0 Å². The molecule has 0 N–H and O–H groups in total. The van der Waals surface area contributed by atoms with Gasteiger partial charge in [0.25, 0.3) is 0 Å². The Morgan fingerprint density at radius 3 is 1.78 bits per heavy atom. The molecular formula is C6H12Cl2Si. The van der Waals surface area contributed by atoms with Crippen molar-refractivity contribution >= 4 is 33.4 Å². The summed E-state index contributed by atoms with van der Waals surface area (Å²) >= 11 is 11.8. The molecule has 0 unspecified atom stereocenters. The molecule has 0 radical (unpaired) electrons. The lowest BCUT2D eigenvalue weighted by Crippen LogP contribution is -2.25. The zero-order chi connectivity index (χ0) is 7.71. The highest BCUT2D eigenvalue weighted by molar-refractivity contribution is 6.53. The molecule has 0 rings (SSSR count). The van der Waals surface area contributed by atoms with Gasteiger partial charge in [0.1, 0.15) is 4.33 Å². The highest BCUT2D eigenvalue weighted by atomic mass is 35.5. The minimum Gasteiger partial charge on any atom is -0.100 e. The van der Waals surface area contributed by atoms with Gasteiger partial charge in [0, 0.05) is 10.2 Å². The number of rotatable bonds is 2. The summed E-state index contributed by atoms with van der Waals surface area (Å²) in [5.74, 6) is 0. The molecular weight excluding hydrogens is 171 g/mol. The van der Waals surface area contributed by atoms with Crippen LogP contribution in [0.4, 0.5) is 0 Å². The molecule has 0 aliphatic rings. The average molecular weight is 183 g/mol. The Morgan fingerprint density at radius 1 is 1.44 bits per heavy atom. The van der Waals surface area contributed by atoms with Crippen molar-refractivity contribution in [2.24, 2.45) is 0 Å². The first kappa shape index (κ1) is 9.54. The molecule has 54 valence electrons. The summed E-state index contributed by atoms with van der Waals surface area (Å²) in [6, 6.07) is 0. The van der Waals surface area contributed by atoms with Crippen molar-refractivity contribution in [3.63, 3.8) is 0 Å². The third-order valence-corrected chi connectivity index (χ3v) is 4.12. The second kappa shape index (κ2) is 2.65. The van der Waals surface area contributed by atoms with Crippen LogP contribution in [0.15, 0.2) is 12.7 Å². The molecule has 0 saturated carbocycles. The third kappa shape index (κ3) is 2.32. The molecule has 0 saturated heterocycles. The molecule has 0 aromatic heterocycles. The van der Waals surface area contributed by atoms with Crippen LogP contribution >= 0.6 is 23.2 Å². The van der Waals surface area contributed by atoms with E-state index in [0.717, 1.165) is 10.2 Å². The summed E-state index contributed by atoms with van der Waals surface area (Å²) in [5.41, 5.74) is 0. The van der Waals surface area contributed by atoms with Crippen LogP contribution in [0.25, 0.3) is 0 Å². The van der Waals surface area contributed by atoms with Gasteiger partial charge in [-0.1, -0.05) is 43.1 Å². The second-order valence-corrected chi connectivity index (χ2v) is 6.96. The van der Waals surface area contributed by atoms with Gasteiger partial charge in [0.15, 0.2) is 0 Å². The monoisotopic (exact) mass is 182 g/mol. The fourth-order valence-corrected chi connectivity index (χ4v) is 0.510. The Balaban J connectivity index is 4.32. The fraction of sp³-hybridized carbons (Fsp3) is 0.667. The molecule has 0 aliphatic carbocycles. The Bertz CT molecular complexity index is 113. The molecule has 0 bridgehead atoms. The summed E-state index contributed by atoms with van der Waals surface area (Å²) in [7, 11) is 0.961. The van der Waals surface area contributed by atoms with Gasteiger partial charge in [-0.25, -0.2) is 0 Å². The van der Waals surface area contributed by atoms with Crippen molar-refractivity contribution in [3.05, 3.63) is 12.7 Å². The van der Waals surface area contributed by atoms with Crippen LogP contribution in [-0.2, 0) is 0 Å². The number of alkyl halides is 2. The van der Waals surface area contributed by atoms with Crippen LogP contribution in [0.3, 0.4) is 0 Å². The molecule has 0 aromatic rings. The maximum atomic E-state index is 5.88. The van der Waals surface area contributed by atoms with E-state index in [-0.39, 0.29) is 5.04 Å². The average Bonchev–Trinajstić information content (AvgIpc) is 1.64. The number of hydrogen-bond acceptors (Lipinski definition) is 0. The minimum absolute atomic E-state index is 0.00212. The first-order chi connectivity index (χ1) is 3.81. The topological polar surface area (TPSA) is 0 Å². The van der Waals surface area contributed by atoms with Gasteiger partial charge in [-0.15, -0.1) is 6.58 Å². The molecule has 0 fully saturated rings. The Labute approximate surface area is 69.7 Å². The smallest absolute Gasteiger partial charge is 0.100 e. The van der Waals surface area contributed by atoms with E-state index < -0.39 is 4.33 Å². The molecule has 0 atom stereocenters. The Morgan fingerprint density at radius 2 is 1.78 bits per heavy atom. The quantitative estimate of drug-likeness (QED) is 0.348. The lowest BCUT2D eigenvalue weighted by Gasteiger charge is -2.30. The van der Waals surface area contributed by atoms with Crippen LogP contribution in [0.1, 0.15) is 13.8 Å². The van der Waals surface area contributed by atoms with Crippen molar-refractivity contribution in [1.29, 1.82) is 0 Å². The second-order valence-electron chi connectivity index (χ2n) is 3.08. The van der Waals surface area contributed by atoms with Crippen molar-refractivity contribution < 1.29 is 0 Å². The highest BCUT2D eigenvalue weighted by Crippen LogP contribution is 2.44. The molecule has 0 nitrogen and oxygen atoms in total. The normalized spacial score (nSPS) is 13.8. The number of halogens is 2. The van der Waals surface area contributed by atoms with Crippen molar-refractivity contribution in [2.45, 2.75) is 23.2 Å². The maximum absolute atomic E-state index is 5.88. The first-order valence-electron chi connectivity index (χ1n) is 2.82. The number of allylic oxidation sites excluding steroid dienone is 1. The largest absolute Gasteiger partial charge is 0.137 e. The predicted octanol–water partition coefficient (Wildman–Crippen LogP) is 1.91. The SMILES string of the molecule is C=CC(Cl)(Cl)C(C)(C)[SiH3]. The Kier molecular flexibility index (Phi) is 2.80. The third-order valence-electron chi connectivity index (χ3n) is 1.26. The lowest BCUT2D eigenvalue weighted by atomic mass is 10.1. The van der Waals surface area contributed by atoms with E-state index in [0.29, 0.717) is 0 Å². The van der Waals surface area contributed by atoms with Gasteiger partial charge in [-0.05, 0) is 5.04 Å². The lowest BCUT2D eigenvalue weighted by molar-refractivity contribution is 0.657. The maximum Gasteiger partial charge on any atom is 0.137 e. The van der Waals surface area contributed by atoms with E-state index in [2.05, 4.69) is 6.58 Å². The summed E-state index contributed by atoms with van der Waals surface area (Å²) in [6.07, 6.45) is 1.59. The first-order valence-corrected chi connectivity index (χ1v) is 4.58. The van der Waals surface area contributed by atoms with E-state index in [4.69, 9.17) is 23.2 Å². The van der Waals surface area contributed by atoms with Gasteiger partial charge < -0.3 is 0 Å². The summed E-state index contributed by atoms with van der Waals surface area (Å²) in [6.45, 7) is 7.61. The van der Waals surface area contributed by atoms with Crippen LogP contribution in [-0.4, -0.2) is 14.6 Å². The van der Waals surface area contributed by atoms with Gasteiger partial charge in [0.2, 0.25) is 0 Å². The van der Waals surface area contributed by atoms with Crippen LogP contribution in [0.2, 0.25) is 5.04 Å². The van der Waals surface area contributed by atoms with Crippen LogP contribution in [0, 0.1) is 0 Å². The van der Waals surface area contributed by atoms with Crippen LogP contribution in [0.5, 0.6) is 0 Å². The highest BCUT2D eigenvalue weighted by Gasteiger charge is 2.34. The van der Waals surface area contributed by atoms with E-state index in [1.807, 2.05) is 13.8 Å². The summed E-state index contributed by atoms with van der Waals surface area (Å²) in [5, 5.41) is -0.00212. The fourth-order valence-electron chi connectivity index (χ4n) is 0.306. The van der Waals surface area contributed by atoms with Crippen molar-refractivity contribution in [2.75, 3.05) is 0 Å². The van der Waals surface area contributed by atoms with E-state index in [1.54, 1.807) is 6.08 Å². The number of hydrogen-bond donors (Lipinski definition) is 0. The molecule has 0 heterocycles. The zero-order valence-corrected chi connectivity index (χ0v) is 9.55. The van der Waals surface area contributed by atoms with Gasteiger partial charge in [-0.3, -0.25) is 0 Å². The van der Waals surface area contributed by atoms with Gasteiger partial charge in [0.05, 0.1) is 0 Å². The molecule has 0 aliphatic heterocycles. The molecule has 9 heavy (non-hydrogen) atoms. The molecule has 0 spiro atoms. The Hall–Kier alpha value is 0.537. The van der Waals surface area contributed by atoms with E-state index >= 15 is 0 Å². The van der Waals surface area contributed by atoms with Crippen molar-refractivity contribution in [1.82, 2.24) is 0 Å². The van der Waals surface area contributed by atoms with Crippen molar-refractivity contribution in [3.8, 4) is 0 Å². The van der Waals surface area contributed by atoms with E-state index in [9.17, 15) is 0 Å². The van der Waals surface area contributed by atoms with Crippen LogP contribution < -0.4 is 0 Å².